The number of rotatable bonds is 6. The predicted octanol–water partition coefficient (Wildman–Crippen LogP) is 3.36. The molecule has 3 atom stereocenters. The van der Waals surface area contributed by atoms with Gasteiger partial charge in [-0.2, -0.15) is 0 Å². The zero-order valence-electron chi connectivity index (χ0n) is 17.0. The van der Waals surface area contributed by atoms with E-state index in [2.05, 4.69) is 41.8 Å². The summed E-state index contributed by atoms with van der Waals surface area (Å²) in [5.74, 6) is 0.671. The van der Waals surface area contributed by atoms with Crippen LogP contribution in [0.25, 0.3) is 0 Å². The Balaban J connectivity index is 1.80. The molecule has 2 aliphatic rings. The average Bonchev–Trinajstić information content (AvgIpc) is 3.31. The Morgan fingerprint density at radius 2 is 2.25 bits per heavy atom. The molecule has 6 nitrogen and oxygen atoms in total. The van der Waals surface area contributed by atoms with E-state index in [4.69, 9.17) is 15.5 Å². The molecule has 154 valence electrons. The lowest BCUT2D eigenvalue weighted by Gasteiger charge is -2.27. The van der Waals surface area contributed by atoms with Crippen molar-refractivity contribution in [1.82, 2.24) is 10.2 Å². The molecule has 3 N–H and O–H groups in total. The lowest BCUT2D eigenvalue weighted by atomic mass is 10.1. The molecule has 2 fully saturated rings. The van der Waals surface area contributed by atoms with Crippen molar-refractivity contribution >= 4 is 45.6 Å². The maximum atomic E-state index is 13.1. The minimum absolute atomic E-state index is 0.0277. The fraction of sp³-hybridized carbons (Fsp3) is 0.619. The molecule has 1 aromatic rings. The minimum atomic E-state index is -0.303. The molecule has 2 aliphatic heterocycles. The number of amides is 1. The summed E-state index contributed by atoms with van der Waals surface area (Å²) in [6.45, 7) is 8.71. The number of nitrogen functional groups attached to an aromatic ring is 1. The van der Waals surface area contributed by atoms with Crippen molar-refractivity contribution < 1.29 is 9.53 Å². The van der Waals surface area contributed by atoms with Crippen LogP contribution in [0.1, 0.15) is 40.0 Å². The largest absolute Gasteiger partial charge is 0.397 e. The minimum Gasteiger partial charge on any atom is -0.397 e. The molecular formula is C21H31IN4O2. The van der Waals surface area contributed by atoms with Crippen LogP contribution >= 0.6 is 22.6 Å². The molecule has 2 heterocycles. The van der Waals surface area contributed by atoms with Crippen molar-refractivity contribution in [2.24, 2.45) is 10.9 Å². The van der Waals surface area contributed by atoms with Crippen LogP contribution in [0, 0.1) is 9.49 Å². The topological polar surface area (TPSA) is 80.0 Å². The third-order valence-electron chi connectivity index (χ3n) is 5.37. The van der Waals surface area contributed by atoms with E-state index >= 15 is 0 Å². The van der Waals surface area contributed by atoms with E-state index in [0.29, 0.717) is 24.8 Å². The lowest BCUT2D eigenvalue weighted by Crippen LogP contribution is -2.45. The highest BCUT2D eigenvalue weighted by Gasteiger charge is 2.40. The molecule has 1 aromatic carbocycles. The first-order valence-corrected chi connectivity index (χ1v) is 11.2. The number of nitrogens with one attached hydrogen (secondary N) is 1. The molecule has 0 aliphatic carbocycles. The van der Waals surface area contributed by atoms with Gasteiger partial charge in [-0.1, -0.05) is 13.8 Å². The molecule has 1 amide bonds. The number of hydrogen-bond acceptors (Lipinski definition) is 5. The van der Waals surface area contributed by atoms with Crippen molar-refractivity contribution in [3.63, 3.8) is 0 Å². The van der Waals surface area contributed by atoms with Crippen molar-refractivity contribution in [3.8, 4) is 0 Å². The summed E-state index contributed by atoms with van der Waals surface area (Å²) in [5, 5.41) is 3.61. The molecule has 7 heteroatoms. The maximum absolute atomic E-state index is 13.1. The van der Waals surface area contributed by atoms with E-state index in [1.165, 1.54) is 0 Å². The van der Waals surface area contributed by atoms with Gasteiger partial charge in [0.05, 0.1) is 17.4 Å². The lowest BCUT2D eigenvalue weighted by molar-refractivity contribution is -0.140. The van der Waals surface area contributed by atoms with E-state index in [-0.39, 0.29) is 24.1 Å². The van der Waals surface area contributed by atoms with Crippen LogP contribution in [0.3, 0.4) is 0 Å². The maximum Gasteiger partial charge on any atom is 0.252 e. The number of anilines is 1. The summed E-state index contributed by atoms with van der Waals surface area (Å²) >= 11 is 2.24. The quantitative estimate of drug-likeness (QED) is 0.358. The smallest absolute Gasteiger partial charge is 0.252 e. The van der Waals surface area contributed by atoms with Crippen LogP contribution in [0.5, 0.6) is 0 Å². The van der Waals surface area contributed by atoms with E-state index in [0.717, 1.165) is 40.8 Å². The molecule has 0 radical (unpaired) electrons. The van der Waals surface area contributed by atoms with Gasteiger partial charge in [0.15, 0.2) is 0 Å². The van der Waals surface area contributed by atoms with Gasteiger partial charge < -0.3 is 20.7 Å². The van der Waals surface area contributed by atoms with Gasteiger partial charge in [-0.25, -0.2) is 0 Å². The van der Waals surface area contributed by atoms with Gasteiger partial charge in [-0.05, 0) is 79.4 Å². The first-order valence-electron chi connectivity index (χ1n) is 10.1. The van der Waals surface area contributed by atoms with Gasteiger partial charge in [0.1, 0.15) is 6.10 Å². The second-order valence-corrected chi connectivity index (χ2v) is 9.44. The molecular weight excluding hydrogens is 467 g/mol. The van der Waals surface area contributed by atoms with Crippen LogP contribution < -0.4 is 11.1 Å². The van der Waals surface area contributed by atoms with Gasteiger partial charge in [0.2, 0.25) is 0 Å². The van der Waals surface area contributed by atoms with Crippen molar-refractivity contribution in [3.05, 3.63) is 21.8 Å². The summed E-state index contributed by atoms with van der Waals surface area (Å²) in [4.78, 5) is 19.9. The van der Waals surface area contributed by atoms with E-state index in [1.54, 1.807) is 0 Å². The van der Waals surface area contributed by atoms with Gasteiger partial charge in [-0.3, -0.25) is 9.79 Å². The Morgan fingerprint density at radius 1 is 1.46 bits per heavy atom. The summed E-state index contributed by atoms with van der Waals surface area (Å²) in [6.07, 6.45) is 2.33. The number of ether oxygens (including phenoxy) is 1. The zero-order chi connectivity index (χ0) is 20.3. The van der Waals surface area contributed by atoms with Gasteiger partial charge in [0, 0.05) is 28.5 Å². The molecule has 0 saturated carbocycles. The van der Waals surface area contributed by atoms with Gasteiger partial charge in [-0.15, -0.1) is 0 Å². The predicted molar refractivity (Wildman–Crippen MR) is 122 cm³/mol. The standard InChI is InChI=1S/C21H31IN4O2/c1-13(2)11-24-16-10-19(26(12-16)21(27)20-5-4-8-28-20)14(3)25-18-7-6-15(22)9-17(18)23/h6-7,9,13,16,19-20,24H,4-5,8,10-12,23H2,1-3H3/t16-,19+,20-/m1/s1. The number of hydrogen-bond donors (Lipinski definition) is 2. The number of nitrogens with zero attached hydrogens (tertiary/aromatic N) is 2. The molecule has 0 aromatic heterocycles. The summed E-state index contributed by atoms with van der Waals surface area (Å²) < 4.78 is 6.75. The normalized spacial score (nSPS) is 25.7. The second kappa shape index (κ2) is 9.54. The SMILES string of the molecule is CC(=Nc1ccc(I)cc1N)[C@@H]1C[C@@H](NCC(C)C)CN1C(=O)[C@H]1CCCO1. The number of carbonyl (C=O) groups is 1. The summed E-state index contributed by atoms with van der Waals surface area (Å²) in [6, 6.07) is 6.11. The Hall–Kier alpha value is -1.19. The summed E-state index contributed by atoms with van der Waals surface area (Å²) in [5.41, 5.74) is 8.50. The van der Waals surface area contributed by atoms with Crippen molar-refractivity contribution in [2.45, 2.75) is 58.2 Å². The molecule has 3 rings (SSSR count). The van der Waals surface area contributed by atoms with Gasteiger partial charge in [0.25, 0.3) is 5.91 Å². The number of nitrogens with two attached hydrogens (primary N) is 1. The van der Waals surface area contributed by atoms with Crippen molar-refractivity contribution in [1.29, 1.82) is 0 Å². The second-order valence-electron chi connectivity index (χ2n) is 8.20. The number of benzene rings is 1. The monoisotopic (exact) mass is 498 g/mol. The van der Waals surface area contributed by atoms with Crippen LogP contribution in [0.15, 0.2) is 23.2 Å². The fourth-order valence-corrected chi connectivity index (χ4v) is 4.39. The van der Waals surface area contributed by atoms with E-state index in [9.17, 15) is 4.79 Å². The Bertz CT molecular complexity index is 731. The Morgan fingerprint density at radius 3 is 2.89 bits per heavy atom. The molecule has 0 unspecified atom stereocenters. The van der Waals surface area contributed by atoms with E-state index in [1.807, 2.05) is 30.0 Å². The number of aliphatic imine (C=N–C) groups is 1. The van der Waals surface area contributed by atoms with Gasteiger partial charge >= 0.3 is 0 Å². The highest BCUT2D eigenvalue weighted by molar-refractivity contribution is 14.1. The highest BCUT2D eigenvalue weighted by Crippen LogP contribution is 2.28. The first kappa shape index (κ1) is 21.5. The van der Waals surface area contributed by atoms with E-state index < -0.39 is 0 Å². The molecule has 0 bridgehead atoms. The van der Waals surface area contributed by atoms with Crippen LogP contribution in [0.2, 0.25) is 0 Å². The first-order chi connectivity index (χ1) is 13.3. The molecule has 0 spiro atoms. The van der Waals surface area contributed by atoms with Crippen LogP contribution in [-0.2, 0) is 9.53 Å². The third-order valence-corrected chi connectivity index (χ3v) is 6.04. The molecule has 28 heavy (non-hydrogen) atoms. The summed E-state index contributed by atoms with van der Waals surface area (Å²) in [7, 11) is 0. The molecule has 2 saturated heterocycles. The average molecular weight is 498 g/mol. The Kier molecular flexibility index (Phi) is 7.33. The zero-order valence-corrected chi connectivity index (χ0v) is 19.1. The number of halogens is 1. The highest BCUT2D eigenvalue weighted by atomic mass is 127. The fourth-order valence-electron chi connectivity index (χ4n) is 3.87. The number of carbonyl (C=O) groups excluding carboxylic acids is 1. The third kappa shape index (κ3) is 5.24. The number of likely N-dealkylation sites (tertiary alicyclic amines) is 1. The van der Waals surface area contributed by atoms with Crippen LogP contribution in [0.4, 0.5) is 11.4 Å². The Labute approximate surface area is 181 Å². The van der Waals surface area contributed by atoms with Crippen LogP contribution in [-0.4, -0.2) is 54.4 Å². The van der Waals surface area contributed by atoms with Crippen molar-refractivity contribution in [2.75, 3.05) is 25.4 Å².